The second kappa shape index (κ2) is 6.88. The van der Waals surface area contributed by atoms with Crippen LogP contribution in [0.4, 0.5) is 0 Å². The number of methoxy groups -OCH3 is 1. The minimum atomic E-state index is 0.476. The molecule has 2 rings (SSSR count). The zero-order chi connectivity index (χ0) is 13.0. The normalized spacial score (nSPS) is 38.2. The maximum absolute atomic E-state index is 5.47. The van der Waals surface area contributed by atoms with Crippen LogP contribution in [0.3, 0.4) is 0 Å². The van der Waals surface area contributed by atoms with Crippen molar-refractivity contribution >= 4 is 0 Å². The van der Waals surface area contributed by atoms with Gasteiger partial charge in [-0.05, 0) is 44.6 Å². The molecule has 4 unspecified atom stereocenters. The number of ether oxygens (including phenoxy) is 1. The highest BCUT2D eigenvalue weighted by molar-refractivity contribution is 4.87. The molecule has 2 aliphatic rings. The Morgan fingerprint density at radius 2 is 2.11 bits per heavy atom. The molecule has 4 atom stereocenters. The number of hydrogen-bond donors (Lipinski definition) is 1. The van der Waals surface area contributed by atoms with Crippen LogP contribution in [0.15, 0.2) is 0 Å². The molecule has 0 bridgehead atoms. The summed E-state index contributed by atoms with van der Waals surface area (Å²) in [7, 11) is 3.98. The van der Waals surface area contributed by atoms with E-state index in [-0.39, 0.29) is 0 Å². The number of nitrogens with one attached hydrogen (secondary N) is 1. The van der Waals surface area contributed by atoms with Crippen molar-refractivity contribution in [2.24, 2.45) is 11.8 Å². The van der Waals surface area contributed by atoms with Gasteiger partial charge in [-0.25, -0.2) is 0 Å². The molecule has 1 aliphatic carbocycles. The molecule has 2 fully saturated rings. The van der Waals surface area contributed by atoms with Crippen molar-refractivity contribution in [2.45, 2.75) is 51.2 Å². The summed E-state index contributed by atoms with van der Waals surface area (Å²) in [6.07, 6.45) is 7.23. The molecule has 0 aromatic heterocycles. The molecular weight excluding hydrogens is 224 g/mol. The van der Waals surface area contributed by atoms with E-state index < -0.39 is 0 Å². The lowest BCUT2D eigenvalue weighted by Crippen LogP contribution is -2.44. The van der Waals surface area contributed by atoms with Crippen molar-refractivity contribution < 1.29 is 4.74 Å². The third-order valence-electron chi connectivity index (χ3n) is 5.09. The quantitative estimate of drug-likeness (QED) is 0.813. The van der Waals surface area contributed by atoms with Crippen LogP contribution >= 0.6 is 0 Å². The molecule has 0 aromatic rings. The van der Waals surface area contributed by atoms with Gasteiger partial charge in [0.15, 0.2) is 0 Å². The average molecular weight is 254 g/mol. The first-order valence-corrected chi connectivity index (χ1v) is 7.69. The number of rotatable bonds is 5. The predicted molar refractivity (Wildman–Crippen MR) is 75.8 cm³/mol. The maximum Gasteiger partial charge on any atom is 0.0710 e. The van der Waals surface area contributed by atoms with Crippen LogP contribution in [0.1, 0.15) is 39.0 Å². The van der Waals surface area contributed by atoms with Crippen molar-refractivity contribution in [3.05, 3.63) is 0 Å². The Morgan fingerprint density at radius 3 is 2.72 bits per heavy atom. The van der Waals surface area contributed by atoms with Crippen LogP contribution in [0.2, 0.25) is 0 Å². The lowest BCUT2D eigenvalue weighted by molar-refractivity contribution is 0.0982. The Balaban J connectivity index is 1.85. The molecule has 0 radical (unpaired) electrons. The first-order chi connectivity index (χ1) is 8.76. The number of nitrogens with zero attached hydrogens (tertiary/aromatic N) is 1. The molecule has 1 N–H and O–H groups in total. The Labute approximate surface area is 112 Å². The Kier molecular flexibility index (Phi) is 5.46. The van der Waals surface area contributed by atoms with Crippen LogP contribution in [0, 0.1) is 11.8 Å². The zero-order valence-corrected chi connectivity index (χ0v) is 12.3. The fourth-order valence-electron chi connectivity index (χ4n) is 3.80. The van der Waals surface area contributed by atoms with Gasteiger partial charge >= 0.3 is 0 Å². The molecule has 0 spiro atoms. The Hall–Kier alpha value is -0.120. The van der Waals surface area contributed by atoms with Crippen molar-refractivity contribution in [3.8, 4) is 0 Å². The van der Waals surface area contributed by atoms with Crippen LogP contribution in [0.5, 0.6) is 0 Å². The highest BCUT2D eigenvalue weighted by Gasteiger charge is 2.32. The third-order valence-corrected chi connectivity index (χ3v) is 5.09. The van der Waals surface area contributed by atoms with Crippen molar-refractivity contribution in [2.75, 3.05) is 33.8 Å². The van der Waals surface area contributed by atoms with Gasteiger partial charge in [0.1, 0.15) is 0 Å². The number of likely N-dealkylation sites (tertiary alicyclic amines) is 1. The molecule has 18 heavy (non-hydrogen) atoms. The van der Waals surface area contributed by atoms with E-state index >= 15 is 0 Å². The Morgan fingerprint density at radius 1 is 1.28 bits per heavy atom. The molecule has 3 nitrogen and oxygen atoms in total. The fraction of sp³-hybridized carbons (Fsp3) is 1.00. The molecular formula is C15H30N2O. The van der Waals surface area contributed by atoms with Gasteiger partial charge < -0.3 is 15.0 Å². The minimum absolute atomic E-state index is 0.476. The van der Waals surface area contributed by atoms with E-state index in [1.54, 1.807) is 0 Å². The van der Waals surface area contributed by atoms with Gasteiger partial charge in [0.2, 0.25) is 0 Å². The van der Waals surface area contributed by atoms with Gasteiger partial charge in [-0.15, -0.1) is 0 Å². The monoisotopic (exact) mass is 254 g/mol. The van der Waals surface area contributed by atoms with E-state index in [1.165, 1.54) is 45.2 Å². The van der Waals surface area contributed by atoms with Gasteiger partial charge in [0.25, 0.3) is 0 Å². The first-order valence-electron chi connectivity index (χ1n) is 7.69. The number of hydrogen-bond acceptors (Lipinski definition) is 3. The van der Waals surface area contributed by atoms with Crippen molar-refractivity contribution in [3.63, 3.8) is 0 Å². The van der Waals surface area contributed by atoms with Gasteiger partial charge in [-0.1, -0.05) is 13.3 Å². The SMILES string of the molecule is CCC1CCC(NC)C(CN2CCC(OC)C2)C1. The van der Waals surface area contributed by atoms with E-state index in [9.17, 15) is 0 Å². The largest absolute Gasteiger partial charge is 0.380 e. The maximum atomic E-state index is 5.47. The summed E-state index contributed by atoms with van der Waals surface area (Å²) in [5.74, 6) is 1.80. The molecule has 0 amide bonds. The second-order valence-electron chi connectivity index (χ2n) is 6.15. The van der Waals surface area contributed by atoms with E-state index in [0.717, 1.165) is 24.4 Å². The summed E-state index contributed by atoms with van der Waals surface area (Å²) in [5, 5.41) is 3.54. The van der Waals surface area contributed by atoms with E-state index in [4.69, 9.17) is 4.74 Å². The van der Waals surface area contributed by atoms with Crippen LogP contribution in [-0.4, -0.2) is 50.8 Å². The molecule has 1 saturated heterocycles. The first kappa shape index (κ1) is 14.3. The summed E-state index contributed by atoms with van der Waals surface area (Å²) < 4.78 is 5.47. The highest BCUT2D eigenvalue weighted by Crippen LogP contribution is 2.32. The van der Waals surface area contributed by atoms with Gasteiger partial charge in [-0.3, -0.25) is 0 Å². The smallest absolute Gasteiger partial charge is 0.0710 e. The Bertz CT molecular complexity index is 247. The lowest BCUT2D eigenvalue weighted by Gasteiger charge is -2.38. The lowest BCUT2D eigenvalue weighted by atomic mass is 9.76. The van der Waals surface area contributed by atoms with Gasteiger partial charge in [0, 0.05) is 32.8 Å². The standard InChI is InChI=1S/C15H30N2O/c1-4-12-5-6-15(16-2)13(9-12)10-17-8-7-14(11-17)18-3/h12-16H,4-11H2,1-3H3. The topological polar surface area (TPSA) is 24.5 Å². The van der Waals surface area contributed by atoms with Crippen LogP contribution < -0.4 is 5.32 Å². The van der Waals surface area contributed by atoms with E-state index in [0.29, 0.717) is 6.10 Å². The highest BCUT2D eigenvalue weighted by atomic mass is 16.5. The van der Waals surface area contributed by atoms with E-state index in [2.05, 4.69) is 24.2 Å². The van der Waals surface area contributed by atoms with Gasteiger partial charge in [-0.2, -0.15) is 0 Å². The van der Waals surface area contributed by atoms with Crippen LogP contribution in [0.25, 0.3) is 0 Å². The molecule has 1 heterocycles. The summed E-state index contributed by atoms with van der Waals surface area (Å²) in [6, 6.07) is 0.731. The second-order valence-corrected chi connectivity index (χ2v) is 6.15. The predicted octanol–water partition coefficient (Wildman–Crippen LogP) is 2.12. The molecule has 106 valence electrons. The van der Waals surface area contributed by atoms with E-state index in [1.807, 2.05) is 7.11 Å². The van der Waals surface area contributed by atoms with Crippen molar-refractivity contribution in [1.29, 1.82) is 0 Å². The minimum Gasteiger partial charge on any atom is -0.380 e. The fourth-order valence-corrected chi connectivity index (χ4v) is 3.80. The summed E-state index contributed by atoms with van der Waals surface area (Å²) >= 11 is 0. The van der Waals surface area contributed by atoms with Crippen molar-refractivity contribution in [1.82, 2.24) is 10.2 Å². The molecule has 3 heteroatoms. The third kappa shape index (κ3) is 3.46. The molecule has 1 saturated carbocycles. The summed E-state index contributed by atoms with van der Waals surface area (Å²) in [5.41, 5.74) is 0. The molecule has 0 aromatic carbocycles. The summed E-state index contributed by atoms with van der Waals surface area (Å²) in [6.45, 7) is 5.97. The van der Waals surface area contributed by atoms with Crippen LogP contribution in [-0.2, 0) is 4.74 Å². The zero-order valence-electron chi connectivity index (χ0n) is 12.3. The molecule has 1 aliphatic heterocycles. The summed E-state index contributed by atoms with van der Waals surface area (Å²) in [4.78, 5) is 2.61. The van der Waals surface area contributed by atoms with Gasteiger partial charge in [0.05, 0.1) is 6.10 Å². The average Bonchev–Trinajstić information content (AvgIpc) is 2.86.